The lowest BCUT2D eigenvalue weighted by atomic mass is 9.61. The Morgan fingerprint density at radius 2 is 1.90 bits per heavy atom. The Bertz CT molecular complexity index is 643. The summed E-state index contributed by atoms with van der Waals surface area (Å²) in [5.41, 5.74) is 3.33. The minimum absolute atomic E-state index is 0.371. The van der Waals surface area contributed by atoms with Crippen molar-refractivity contribution in [3.05, 3.63) is 23.3 Å². The highest BCUT2D eigenvalue weighted by Gasteiger charge is 2.50. The van der Waals surface area contributed by atoms with Crippen molar-refractivity contribution in [3.63, 3.8) is 0 Å². The minimum Gasteiger partial charge on any atom is -0.393 e. The van der Waals surface area contributed by atoms with Crippen molar-refractivity contribution in [1.82, 2.24) is 4.90 Å². The number of rotatable bonds is 5. The summed E-state index contributed by atoms with van der Waals surface area (Å²) >= 11 is 0. The lowest BCUT2D eigenvalue weighted by Crippen LogP contribution is -2.39. The molecule has 3 heteroatoms. The molecule has 3 saturated carbocycles. The smallest absolute Gasteiger partial charge is 0.0602 e. The van der Waals surface area contributed by atoms with Gasteiger partial charge in [-0.15, -0.1) is 0 Å². The van der Waals surface area contributed by atoms with E-state index in [1.807, 2.05) is 0 Å². The Morgan fingerprint density at radius 3 is 2.60 bits per heavy atom. The molecule has 1 aliphatic heterocycles. The Hall–Kier alpha value is -0.640. The van der Waals surface area contributed by atoms with Crippen LogP contribution < -0.4 is 0 Å². The third-order valence-corrected chi connectivity index (χ3v) is 9.29. The van der Waals surface area contributed by atoms with E-state index in [-0.39, 0.29) is 12.2 Å². The number of fused-ring (bicyclic) bond motifs is 1. The Balaban J connectivity index is 1.42. The lowest BCUT2D eigenvalue weighted by Gasteiger charge is -2.45. The zero-order valence-electron chi connectivity index (χ0n) is 19.7. The van der Waals surface area contributed by atoms with Gasteiger partial charge < -0.3 is 15.1 Å². The number of allylic oxidation sites excluding steroid dienone is 3. The lowest BCUT2D eigenvalue weighted by molar-refractivity contribution is 0.0609. The average molecular weight is 416 g/mol. The van der Waals surface area contributed by atoms with E-state index in [0.717, 1.165) is 36.5 Å². The van der Waals surface area contributed by atoms with E-state index in [4.69, 9.17) is 0 Å². The number of aliphatic hydroxyl groups is 2. The van der Waals surface area contributed by atoms with Gasteiger partial charge in [-0.2, -0.15) is 0 Å². The molecule has 0 unspecified atom stereocenters. The van der Waals surface area contributed by atoms with Gasteiger partial charge in [-0.3, -0.25) is 0 Å². The second-order valence-corrected chi connectivity index (χ2v) is 11.4. The molecular weight excluding hydrogens is 370 g/mol. The summed E-state index contributed by atoms with van der Waals surface area (Å²) in [6.45, 7) is 11.4. The van der Waals surface area contributed by atoms with E-state index in [1.165, 1.54) is 70.2 Å². The highest BCUT2D eigenvalue weighted by atomic mass is 16.3. The van der Waals surface area contributed by atoms with E-state index in [0.29, 0.717) is 11.8 Å². The van der Waals surface area contributed by atoms with Gasteiger partial charge in [0, 0.05) is 13.1 Å². The molecular formula is C27H45NO2. The maximum absolute atomic E-state index is 10.00. The predicted molar refractivity (Wildman–Crippen MR) is 124 cm³/mol. The summed E-state index contributed by atoms with van der Waals surface area (Å²) in [4.78, 5) is 2.75. The molecule has 0 bridgehead atoms. The molecule has 4 rings (SSSR count). The van der Waals surface area contributed by atoms with Gasteiger partial charge >= 0.3 is 0 Å². The highest BCUT2D eigenvalue weighted by molar-refractivity contribution is 5.26. The van der Waals surface area contributed by atoms with E-state index in [2.05, 4.69) is 37.8 Å². The second kappa shape index (κ2) is 9.46. The van der Waals surface area contributed by atoms with Gasteiger partial charge in [0.25, 0.3) is 0 Å². The Morgan fingerprint density at radius 1 is 1.13 bits per heavy atom. The summed E-state index contributed by atoms with van der Waals surface area (Å²) in [5, 5.41) is 20.0. The number of hydrogen-bond donors (Lipinski definition) is 2. The molecule has 7 atom stereocenters. The van der Waals surface area contributed by atoms with E-state index < -0.39 is 0 Å². The van der Waals surface area contributed by atoms with Gasteiger partial charge in [-0.1, -0.05) is 50.5 Å². The Labute approximate surface area is 184 Å². The van der Waals surface area contributed by atoms with Crippen LogP contribution in [0.15, 0.2) is 23.3 Å². The van der Waals surface area contributed by atoms with Gasteiger partial charge in [0.15, 0.2) is 0 Å². The van der Waals surface area contributed by atoms with Crippen molar-refractivity contribution in [2.75, 3.05) is 19.6 Å². The molecule has 0 aromatic heterocycles. The maximum atomic E-state index is 10.00. The largest absolute Gasteiger partial charge is 0.393 e. The molecule has 170 valence electrons. The second-order valence-electron chi connectivity index (χ2n) is 11.4. The average Bonchev–Trinajstić information content (AvgIpc) is 3.29. The molecule has 1 heterocycles. The number of hydrogen-bond acceptors (Lipinski definition) is 3. The monoisotopic (exact) mass is 415 g/mol. The Kier molecular flexibility index (Phi) is 7.11. The van der Waals surface area contributed by atoms with Crippen LogP contribution in [0.1, 0.15) is 85.0 Å². The maximum Gasteiger partial charge on any atom is 0.0602 e. The molecule has 0 spiro atoms. The summed E-state index contributed by atoms with van der Waals surface area (Å²) in [5.74, 6) is 3.30. The fourth-order valence-corrected chi connectivity index (χ4v) is 7.69. The first-order valence-electron chi connectivity index (χ1n) is 12.9. The van der Waals surface area contributed by atoms with Crippen LogP contribution in [0.2, 0.25) is 0 Å². The van der Waals surface area contributed by atoms with Crippen LogP contribution in [0.25, 0.3) is 0 Å². The third kappa shape index (κ3) is 4.74. The molecule has 0 aromatic rings. The SMILES string of the molecule is CC[C@@H]1CCN(C[C@@H](C)[C@H]2CC[C@H]3/C(=C/C=C4C[C@@H](O)C[C@H](O)C4)CCC[C@]23C)C1. The number of likely N-dealkylation sites (tertiary alicyclic amines) is 1. The van der Waals surface area contributed by atoms with E-state index in [9.17, 15) is 10.2 Å². The molecule has 0 radical (unpaired) electrons. The van der Waals surface area contributed by atoms with E-state index >= 15 is 0 Å². The van der Waals surface area contributed by atoms with E-state index in [1.54, 1.807) is 5.57 Å². The first kappa shape index (κ1) is 22.6. The minimum atomic E-state index is -0.371. The molecule has 3 aliphatic carbocycles. The van der Waals surface area contributed by atoms with Crippen LogP contribution in [0.4, 0.5) is 0 Å². The van der Waals surface area contributed by atoms with Crippen LogP contribution in [0.5, 0.6) is 0 Å². The highest BCUT2D eigenvalue weighted by Crippen LogP contribution is 2.59. The molecule has 2 N–H and O–H groups in total. The standard InChI is InChI=1S/C27H45NO2/c1-4-20-11-13-28(18-20)17-19(2)25-9-10-26-22(6-5-12-27(25,26)3)8-7-21-14-23(29)16-24(30)15-21/h7-8,19-20,23-26,29-30H,4-6,9-18H2,1-3H3/b22-8+/t19-,20-,23-,24-,25-,26+,27-/m1/s1. The van der Waals surface area contributed by atoms with Crippen molar-refractivity contribution in [3.8, 4) is 0 Å². The topological polar surface area (TPSA) is 43.7 Å². The molecule has 30 heavy (non-hydrogen) atoms. The first-order valence-corrected chi connectivity index (χ1v) is 12.9. The quantitative estimate of drug-likeness (QED) is 0.638. The zero-order valence-corrected chi connectivity index (χ0v) is 19.7. The summed E-state index contributed by atoms with van der Waals surface area (Å²) in [6.07, 6.45) is 15.3. The number of aliphatic hydroxyl groups excluding tert-OH is 2. The molecule has 0 aromatic carbocycles. The van der Waals surface area contributed by atoms with Crippen LogP contribution >= 0.6 is 0 Å². The van der Waals surface area contributed by atoms with Crippen molar-refractivity contribution in [2.45, 2.75) is 97.2 Å². The van der Waals surface area contributed by atoms with Gasteiger partial charge in [0.2, 0.25) is 0 Å². The van der Waals surface area contributed by atoms with Crippen LogP contribution in [-0.4, -0.2) is 47.0 Å². The summed E-state index contributed by atoms with van der Waals surface area (Å²) in [7, 11) is 0. The van der Waals surface area contributed by atoms with Crippen molar-refractivity contribution in [1.29, 1.82) is 0 Å². The fraction of sp³-hybridized carbons (Fsp3) is 0.852. The first-order chi connectivity index (χ1) is 14.4. The van der Waals surface area contributed by atoms with Gasteiger partial charge in [0.05, 0.1) is 12.2 Å². The molecule has 4 fully saturated rings. The van der Waals surface area contributed by atoms with Gasteiger partial charge in [-0.25, -0.2) is 0 Å². The summed E-state index contributed by atoms with van der Waals surface area (Å²) in [6, 6.07) is 0. The summed E-state index contributed by atoms with van der Waals surface area (Å²) < 4.78 is 0. The van der Waals surface area contributed by atoms with Crippen molar-refractivity contribution in [2.24, 2.45) is 29.1 Å². The molecule has 0 amide bonds. The number of nitrogens with zero attached hydrogens (tertiary/aromatic N) is 1. The predicted octanol–water partition coefficient (Wildman–Crippen LogP) is 5.33. The molecule has 4 aliphatic rings. The van der Waals surface area contributed by atoms with Crippen LogP contribution in [0, 0.1) is 29.1 Å². The van der Waals surface area contributed by atoms with Crippen molar-refractivity contribution >= 4 is 0 Å². The molecule has 3 nitrogen and oxygen atoms in total. The zero-order chi connectivity index (χ0) is 21.3. The van der Waals surface area contributed by atoms with Gasteiger partial charge in [-0.05, 0) is 93.4 Å². The molecule has 1 saturated heterocycles. The van der Waals surface area contributed by atoms with Gasteiger partial charge in [0.1, 0.15) is 0 Å². The normalized spacial score (nSPS) is 42.5. The van der Waals surface area contributed by atoms with Crippen molar-refractivity contribution < 1.29 is 10.2 Å². The van der Waals surface area contributed by atoms with Crippen LogP contribution in [-0.2, 0) is 0 Å². The third-order valence-electron chi connectivity index (χ3n) is 9.29. The fourth-order valence-electron chi connectivity index (χ4n) is 7.69. The van der Waals surface area contributed by atoms with Crippen LogP contribution in [0.3, 0.4) is 0 Å².